The minimum Gasteiger partial charge on any atom is -0.383 e. The Morgan fingerprint density at radius 2 is 2.16 bits per heavy atom. The van der Waals surface area contributed by atoms with Crippen LogP contribution in [-0.4, -0.2) is 52.0 Å². The lowest BCUT2D eigenvalue weighted by molar-refractivity contribution is -0.122. The number of hydrogen-bond donors (Lipinski definition) is 2. The molecule has 1 atom stereocenters. The zero-order valence-electron chi connectivity index (χ0n) is 11.8. The van der Waals surface area contributed by atoms with Crippen LogP contribution in [0.2, 0.25) is 0 Å². The highest BCUT2D eigenvalue weighted by Crippen LogP contribution is 2.16. The molecule has 0 aromatic carbocycles. The molecule has 0 radical (unpaired) electrons. The molecule has 1 saturated heterocycles. The first-order valence-electron chi connectivity index (χ1n) is 6.91. The number of hydrogen-bond acceptors (Lipinski definition) is 4. The first-order chi connectivity index (χ1) is 8.83. The van der Waals surface area contributed by atoms with Gasteiger partial charge in [-0.2, -0.15) is 0 Å². The second kappa shape index (κ2) is 12.7. The molecule has 1 aliphatic rings. The Kier molecular flexibility index (Phi) is 12.4. The number of carbonyl (C=O) groups excluding carboxylic acids is 1. The van der Waals surface area contributed by atoms with Gasteiger partial charge in [0.15, 0.2) is 0 Å². The van der Waals surface area contributed by atoms with Gasteiger partial charge < -0.3 is 20.1 Å². The summed E-state index contributed by atoms with van der Waals surface area (Å²) in [5, 5.41) is 6.08. The van der Waals surface area contributed by atoms with E-state index in [0.29, 0.717) is 25.7 Å². The number of halogens is 1. The van der Waals surface area contributed by atoms with Crippen LogP contribution in [-0.2, 0) is 14.3 Å². The van der Waals surface area contributed by atoms with Gasteiger partial charge in [-0.3, -0.25) is 4.79 Å². The van der Waals surface area contributed by atoms with Crippen molar-refractivity contribution in [2.24, 2.45) is 0 Å². The molecule has 0 bridgehead atoms. The van der Waals surface area contributed by atoms with Crippen molar-refractivity contribution < 1.29 is 14.3 Å². The zero-order valence-corrected chi connectivity index (χ0v) is 12.6. The number of rotatable bonds is 9. The van der Waals surface area contributed by atoms with Gasteiger partial charge in [-0.25, -0.2) is 0 Å². The standard InChI is InChI=1S/C13H26N2O3.ClH/c1-17-11-9-14-7-8-15-13(16)6-5-12-4-2-3-10-18-12;/h12,14H,2-11H2,1H3,(H,15,16);1H. The average molecular weight is 295 g/mol. The van der Waals surface area contributed by atoms with Crippen LogP contribution < -0.4 is 10.6 Å². The fourth-order valence-electron chi connectivity index (χ4n) is 2.01. The number of ether oxygens (including phenoxy) is 2. The smallest absolute Gasteiger partial charge is 0.220 e. The third-order valence-electron chi connectivity index (χ3n) is 3.07. The van der Waals surface area contributed by atoms with Gasteiger partial charge in [0.05, 0.1) is 12.7 Å². The monoisotopic (exact) mass is 294 g/mol. The predicted octanol–water partition coefficient (Wildman–Crippen LogP) is 1.11. The first kappa shape index (κ1) is 18.6. The molecule has 5 nitrogen and oxygen atoms in total. The summed E-state index contributed by atoms with van der Waals surface area (Å²) in [4.78, 5) is 11.6. The van der Waals surface area contributed by atoms with Crippen LogP contribution in [0.1, 0.15) is 32.1 Å². The van der Waals surface area contributed by atoms with E-state index in [4.69, 9.17) is 9.47 Å². The molecule has 19 heavy (non-hydrogen) atoms. The quantitative estimate of drug-likeness (QED) is 0.626. The van der Waals surface area contributed by atoms with Crippen molar-refractivity contribution in [1.82, 2.24) is 10.6 Å². The highest BCUT2D eigenvalue weighted by atomic mass is 35.5. The molecule has 1 heterocycles. The molecule has 1 fully saturated rings. The van der Waals surface area contributed by atoms with Crippen molar-refractivity contribution in [1.29, 1.82) is 0 Å². The molecule has 0 aromatic heterocycles. The van der Waals surface area contributed by atoms with E-state index in [0.717, 1.165) is 39.0 Å². The third kappa shape index (κ3) is 10.1. The van der Waals surface area contributed by atoms with Gasteiger partial charge in [0.1, 0.15) is 0 Å². The van der Waals surface area contributed by atoms with Crippen molar-refractivity contribution >= 4 is 18.3 Å². The van der Waals surface area contributed by atoms with Gasteiger partial charge in [0.2, 0.25) is 5.91 Å². The van der Waals surface area contributed by atoms with E-state index in [-0.39, 0.29) is 18.3 Å². The summed E-state index contributed by atoms with van der Waals surface area (Å²) in [5.74, 6) is 0.123. The lowest BCUT2D eigenvalue weighted by Crippen LogP contribution is -2.33. The summed E-state index contributed by atoms with van der Waals surface area (Å²) < 4.78 is 10.5. The fraction of sp³-hybridized carbons (Fsp3) is 0.923. The Bertz CT molecular complexity index is 224. The van der Waals surface area contributed by atoms with Crippen LogP contribution in [0.4, 0.5) is 0 Å². The van der Waals surface area contributed by atoms with Crippen molar-refractivity contribution in [2.75, 3.05) is 40.0 Å². The molecule has 1 unspecified atom stereocenters. The van der Waals surface area contributed by atoms with Crippen molar-refractivity contribution in [3.63, 3.8) is 0 Å². The van der Waals surface area contributed by atoms with Crippen LogP contribution in [0.25, 0.3) is 0 Å². The van der Waals surface area contributed by atoms with Crippen LogP contribution in [0, 0.1) is 0 Å². The van der Waals surface area contributed by atoms with Crippen molar-refractivity contribution in [3.05, 3.63) is 0 Å². The second-order valence-corrected chi connectivity index (χ2v) is 4.62. The minimum absolute atomic E-state index is 0. The molecule has 0 aliphatic carbocycles. The molecule has 1 rings (SSSR count). The summed E-state index contributed by atoms with van der Waals surface area (Å²) >= 11 is 0. The molecule has 0 spiro atoms. The maximum absolute atomic E-state index is 11.6. The summed E-state index contributed by atoms with van der Waals surface area (Å²) in [5.41, 5.74) is 0. The molecule has 0 saturated carbocycles. The van der Waals surface area contributed by atoms with E-state index in [1.807, 2.05) is 0 Å². The predicted molar refractivity (Wildman–Crippen MR) is 77.8 cm³/mol. The third-order valence-corrected chi connectivity index (χ3v) is 3.07. The molecule has 1 aliphatic heterocycles. The van der Waals surface area contributed by atoms with Gasteiger partial charge in [-0.1, -0.05) is 0 Å². The van der Waals surface area contributed by atoms with Gasteiger partial charge in [-0.15, -0.1) is 12.4 Å². The minimum atomic E-state index is 0. The van der Waals surface area contributed by atoms with Crippen LogP contribution >= 0.6 is 12.4 Å². The fourth-order valence-corrected chi connectivity index (χ4v) is 2.01. The van der Waals surface area contributed by atoms with Crippen LogP contribution in [0.3, 0.4) is 0 Å². The maximum atomic E-state index is 11.6. The molecule has 2 N–H and O–H groups in total. The Hall–Kier alpha value is -0.360. The maximum Gasteiger partial charge on any atom is 0.220 e. The van der Waals surface area contributed by atoms with Gasteiger partial charge in [0, 0.05) is 39.8 Å². The topological polar surface area (TPSA) is 59.6 Å². The molecule has 6 heteroatoms. The Morgan fingerprint density at radius 1 is 1.32 bits per heavy atom. The highest BCUT2D eigenvalue weighted by Gasteiger charge is 2.14. The SMILES string of the molecule is COCCNCCNC(=O)CCC1CCCCO1.Cl. The normalized spacial score (nSPS) is 18.7. The van der Waals surface area contributed by atoms with E-state index >= 15 is 0 Å². The Balaban J connectivity index is 0.00000324. The summed E-state index contributed by atoms with van der Waals surface area (Å²) in [6.45, 7) is 3.84. The number of carbonyl (C=O) groups is 1. The van der Waals surface area contributed by atoms with E-state index < -0.39 is 0 Å². The average Bonchev–Trinajstić information content (AvgIpc) is 2.41. The summed E-state index contributed by atoms with van der Waals surface area (Å²) in [7, 11) is 1.68. The molecular formula is C13H27ClN2O3. The summed E-state index contributed by atoms with van der Waals surface area (Å²) in [6.07, 6.45) is 5.22. The van der Waals surface area contributed by atoms with Gasteiger partial charge in [0.25, 0.3) is 0 Å². The van der Waals surface area contributed by atoms with E-state index in [1.54, 1.807) is 7.11 Å². The number of methoxy groups -OCH3 is 1. The Morgan fingerprint density at radius 3 is 2.84 bits per heavy atom. The molecule has 1 amide bonds. The Labute approximate surface area is 122 Å². The van der Waals surface area contributed by atoms with Crippen LogP contribution in [0.5, 0.6) is 0 Å². The molecule has 0 aromatic rings. The van der Waals surface area contributed by atoms with Crippen molar-refractivity contribution in [2.45, 2.75) is 38.2 Å². The lowest BCUT2D eigenvalue weighted by Gasteiger charge is -2.22. The van der Waals surface area contributed by atoms with Crippen molar-refractivity contribution in [3.8, 4) is 0 Å². The van der Waals surface area contributed by atoms with E-state index in [2.05, 4.69) is 10.6 Å². The van der Waals surface area contributed by atoms with E-state index in [9.17, 15) is 4.79 Å². The molecule has 114 valence electrons. The zero-order chi connectivity index (χ0) is 13.1. The lowest BCUT2D eigenvalue weighted by atomic mass is 10.0. The number of amides is 1. The van der Waals surface area contributed by atoms with Gasteiger partial charge >= 0.3 is 0 Å². The van der Waals surface area contributed by atoms with Crippen LogP contribution in [0.15, 0.2) is 0 Å². The first-order valence-corrected chi connectivity index (χ1v) is 6.91. The summed E-state index contributed by atoms with van der Waals surface area (Å²) in [6, 6.07) is 0. The largest absolute Gasteiger partial charge is 0.383 e. The second-order valence-electron chi connectivity index (χ2n) is 4.62. The highest BCUT2D eigenvalue weighted by molar-refractivity contribution is 5.85. The van der Waals surface area contributed by atoms with E-state index in [1.165, 1.54) is 6.42 Å². The number of nitrogens with one attached hydrogen (secondary N) is 2. The van der Waals surface area contributed by atoms with Gasteiger partial charge in [-0.05, 0) is 25.7 Å². The molecular weight excluding hydrogens is 268 g/mol.